The highest BCUT2D eigenvalue weighted by atomic mass is 32.1. The zero-order valence-corrected chi connectivity index (χ0v) is 12.8. The van der Waals surface area contributed by atoms with Crippen LogP contribution in [0, 0.1) is 0 Å². The minimum Gasteiger partial charge on any atom is -0.345 e. The van der Waals surface area contributed by atoms with E-state index in [0.717, 1.165) is 23.7 Å². The van der Waals surface area contributed by atoms with Crippen molar-refractivity contribution in [3.63, 3.8) is 0 Å². The average molecular weight is 329 g/mol. The number of carbonyl (C=O) groups excluding carboxylic acids is 1. The molecular weight excluding hydrogens is 315 g/mol. The topological polar surface area (TPSA) is 54.9 Å². The molecule has 0 aliphatic carbocycles. The summed E-state index contributed by atoms with van der Waals surface area (Å²) in [5.74, 6) is -0.378. The third kappa shape index (κ3) is 3.62. The molecule has 0 radical (unpaired) electrons. The maximum absolute atomic E-state index is 12.7. The predicted octanol–water partition coefficient (Wildman–Crippen LogP) is 3.61. The van der Waals surface area contributed by atoms with E-state index in [1.165, 1.54) is 6.07 Å². The van der Waals surface area contributed by atoms with Crippen molar-refractivity contribution in [1.82, 2.24) is 14.9 Å². The summed E-state index contributed by atoms with van der Waals surface area (Å²) >= 11 is 0.974. The van der Waals surface area contributed by atoms with E-state index in [9.17, 15) is 18.0 Å². The molecule has 2 rings (SSSR count). The molecule has 118 valence electrons. The second kappa shape index (κ2) is 6.43. The summed E-state index contributed by atoms with van der Waals surface area (Å²) in [5.41, 5.74) is 0.234. The lowest BCUT2D eigenvalue weighted by atomic mass is 10.0. The molecule has 1 aromatic carbocycles. The van der Waals surface area contributed by atoms with Gasteiger partial charge in [-0.2, -0.15) is 13.2 Å². The van der Waals surface area contributed by atoms with Crippen molar-refractivity contribution < 1.29 is 18.0 Å². The Kier molecular flexibility index (Phi) is 4.80. The van der Waals surface area contributed by atoms with Gasteiger partial charge in [0.25, 0.3) is 5.91 Å². The molecule has 8 heteroatoms. The number of rotatable bonds is 4. The van der Waals surface area contributed by atoms with Crippen LogP contribution in [0.5, 0.6) is 0 Å². The Balaban J connectivity index is 2.16. The summed E-state index contributed by atoms with van der Waals surface area (Å²) in [7, 11) is 0. The number of halogens is 3. The Bertz CT molecular complexity index is 669. The summed E-state index contributed by atoms with van der Waals surface area (Å²) in [6, 6.07) is 4.36. The van der Waals surface area contributed by atoms with Gasteiger partial charge in [-0.3, -0.25) is 4.79 Å². The fourth-order valence-corrected chi connectivity index (χ4v) is 2.60. The maximum atomic E-state index is 12.7. The van der Waals surface area contributed by atoms with Crippen LogP contribution in [0.15, 0.2) is 24.3 Å². The first kappa shape index (κ1) is 16.4. The highest BCUT2D eigenvalue weighted by Gasteiger charge is 2.30. The Labute approximate surface area is 129 Å². The van der Waals surface area contributed by atoms with Gasteiger partial charge in [-0.25, -0.2) is 0 Å². The summed E-state index contributed by atoms with van der Waals surface area (Å²) in [4.78, 5) is 12.5. The summed E-state index contributed by atoms with van der Waals surface area (Å²) in [6.07, 6.45) is -3.84. The molecule has 0 fully saturated rings. The molecule has 1 N–H and O–H groups in total. The molecule has 22 heavy (non-hydrogen) atoms. The minimum absolute atomic E-state index is 0.378. The molecule has 0 aliphatic heterocycles. The lowest BCUT2D eigenvalue weighted by molar-refractivity contribution is -0.137. The Morgan fingerprint density at radius 1 is 1.41 bits per heavy atom. The Hall–Kier alpha value is -1.96. The van der Waals surface area contributed by atoms with Gasteiger partial charge in [0.1, 0.15) is 4.88 Å². The maximum Gasteiger partial charge on any atom is 0.416 e. The van der Waals surface area contributed by atoms with Gasteiger partial charge in [-0.15, -0.1) is 5.10 Å². The molecule has 0 spiro atoms. The highest BCUT2D eigenvalue weighted by molar-refractivity contribution is 7.08. The molecule has 0 aliphatic rings. The highest BCUT2D eigenvalue weighted by Crippen LogP contribution is 2.30. The number of hydrogen-bond donors (Lipinski definition) is 1. The third-order valence-electron chi connectivity index (χ3n) is 3.16. The average Bonchev–Trinajstić information content (AvgIpc) is 2.95. The molecular formula is C14H14F3N3OS. The smallest absolute Gasteiger partial charge is 0.345 e. The van der Waals surface area contributed by atoms with Gasteiger partial charge in [0, 0.05) is 0 Å². The van der Waals surface area contributed by atoms with Crippen molar-refractivity contribution >= 4 is 17.4 Å². The Morgan fingerprint density at radius 3 is 2.77 bits per heavy atom. The molecule has 1 atom stereocenters. The SMILES string of the molecule is CCc1nnsc1C(=O)NC(C)c1cccc(C(F)(F)F)c1. The first-order valence-electron chi connectivity index (χ1n) is 6.62. The number of carbonyl (C=O) groups is 1. The van der Waals surface area contributed by atoms with Gasteiger partial charge in [-0.1, -0.05) is 23.5 Å². The summed E-state index contributed by atoms with van der Waals surface area (Å²) in [5, 5.41) is 6.52. The lowest BCUT2D eigenvalue weighted by Crippen LogP contribution is -2.27. The van der Waals surface area contributed by atoms with Gasteiger partial charge >= 0.3 is 6.18 Å². The first-order chi connectivity index (χ1) is 10.3. The summed E-state index contributed by atoms with van der Waals surface area (Å²) < 4.78 is 41.9. The fourth-order valence-electron chi connectivity index (χ4n) is 1.94. The van der Waals surface area contributed by atoms with Gasteiger partial charge in [0.05, 0.1) is 17.3 Å². The van der Waals surface area contributed by atoms with Crippen LogP contribution in [0.25, 0.3) is 0 Å². The van der Waals surface area contributed by atoms with Crippen LogP contribution in [-0.2, 0) is 12.6 Å². The molecule has 1 heterocycles. The van der Waals surface area contributed by atoms with E-state index in [4.69, 9.17) is 0 Å². The number of alkyl halides is 3. The van der Waals surface area contributed by atoms with E-state index < -0.39 is 17.8 Å². The number of hydrogen-bond acceptors (Lipinski definition) is 4. The molecule has 0 saturated heterocycles. The van der Waals surface area contributed by atoms with E-state index in [1.54, 1.807) is 13.0 Å². The van der Waals surface area contributed by atoms with Crippen LogP contribution in [-0.4, -0.2) is 15.5 Å². The van der Waals surface area contributed by atoms with E-state index in [1.807, 2.05) is 6.92 Å². The van der Waals surface area contributed by atoms with Crippen molar-refractivity contribution in [2.45, 2.75) is 32.5 Å². The first-order valence-corrected chi connectivity index (χ1v) is 7.39. The van der Waals surface area contributed by atoms with E-state index >= 15 is 0 Å². The fraction of sp³-hybridized carbons (Fsp3) is 0.357. The second-order valence-electron chi connectivity index (χ2n) is 4.72. The second-order valence-corrected chi connectivity index (χ2v) is 5.47. The van der Waals surface area contributed by atoms with Crippen molar-refractivity contribution in [2.75, 3.05) is 0 Å². The normalized spacial score (nSPS) is 13.0. The standard InChI is InChI=1S/C14H14F3N3OS/c1-3-11-12(22-20-19-11)13(21)18-8(2)9-5-4-6-10(7-9)14(15,16)17/h4-8H,3H2,1-2H3,(H,18,21). The number of amides is 1. The molecule has 1 unspecified atom stereocenters. The van der Waals surface area contributed by atoms with E-state index in [2.05, 4.69) is 14.9 Å². The monoisotopic (exact) mass is 329 g/mol. The van der Waals surface area contributed by atoms with E-state index in [-0.39, 0.29) is 5.91 Å². The minimum atomic E-state index is -4.41. The van der Waals surface area contributed by atoms with Crippen LogP contribution in [0.4, 0.5) is 13.2 Å². The molecule has 0 saturated carbocycles. The number of benzene rings is 1. The quantitative estimate of drug-likeness (QED) is 0.932. The van der Waals surface area contributed by atoms with Crippen LogP contribution < -0.4 is 5.32 Å². The van der Waals surface area contributed by atoms with Crippen LogP contribution in [0.3, 0.4) is 0 Å². The lowest BCUT2D eigenvalue weighted by Gasteiger charge is -2.16. The van der Waals surface area contributed by atoms with Crippen molar-refractivity contribution in [3.05, 3.63) is 46.0 Å². The van der Waals surface area contributed by atoms with Crippen LogP contribution in [0.1, 0.15) is 46.4 Å². The van der Waals surface area contributed by atoms with Crippen molar-refractivity contribution in [2.24, 2.45) is 0 Å². The number of aryl methyl sites for hydroxylation is 1. The molecule has 1 amide bonds. The van der Waals surface area contributed by atoms with Crippen LogP contribution >= 0.6 is 11.5 Å². The zero-order valence-electron chi connectivity index (χ0n) is 11.9. The zero-order chi connectivity index (χ0) is 16.3. The van der Waals surface area contributed by atoms with Crippen molar-refractivity contribution in [3.8, 4) is 0 Å². The number of nitrogens with one attached hydrogen (secondary N) is 1. The van der Waals surface area contributed by atoms with Gasteiger partial charge < -0.3 is 5.32 Å². The van der Waals surface area contributed by atoms with Crippen molar-refractivity contribution in [1.29, 1.82) is 0 Å². The molecule has 1 aromatic heterocycles. The molecule has 4 nitrogen and oxygen atoms in total. The van der Waals surface area contributed by atoms with Gasteiger partial charge in [-0.05, 0) is 42.6 Å². The van der Waals surface area contributed by atoms with Crippen LogP contribution in [0.2, 0.25) is 0 Å². The predicted molar refractivity (Wildman–Crippen MR) is 76.6 cm³/mol. The summed E-state index contributed by atoms with van der Waals surface area (Å²) in [6.45, 7) is 3.48. The number of aromatic nitrogens is 2. The third-order valence-corrected chi connectivity index (χ3v) is 3.93. The number of nitrogens with zero attached hydrogens (tertiary/aromatic N) is 2. The van der Waals surface area contributed by atoms with Gasteiger partial charge in [0.2, 0.25) is 0 Å². The largest absolute Gasteiger partial charge is 0.416 e. The molecule has 0 bridgehead atoms. The molecule has 2 aromatic rings. The van der Waals surface area contributed by atoms with Gasteiger partial charge in [0.15, 0.2) is 0 Å². The van der Waals surface area contributed by atoms with E-state index in [0.29, 0.717) is 22.6 Å². The Morgan fingerprint density at radius 2 is 2.14 bits per heavy atom.